The maximum atomic E-state index is 12.8. The topological polar surface area (TPSA) is 65.7 Å². The average Bonchev–Trinajstić information content (AvgIpc) is 3.13. The van der Waals surface area contributed by atoms with Crippen molar-refractivity contribution in [3.63, 3.8) is 0 Å². The van der Waals surface area contributed by atoms with Crippen LogP contribution in [0, 0.1) is 28.6 Å². The highest BCUT2D eigenvalue weighted by Gasteiger charge is 2.70. The van der Waals surface area contributed by atoms with Crippen molar-refractivity contribution in [1.29, 1.82) is 0 Å². The van der Waals surface area contributed by atoms with E-state index in [1.807, 2.05) is 0 Å². The number of cyclic esters (lactones) is 1. The molecule has 5 heteroatoms. The fraction of sp³-hybridized carbons (Fsp3) is 0.714. The highest BCUT2D eigenvalue weighted by atomic mass is 16.6. The first-order valence-electron chi connectivity index (χ1n) is 9.86. The van der Waals surface area contributed by atoms with E-state index in [2.05, 4.69) is 13.0 Å². The Morgan fingerprint density at radius 3 is 2.96 bits per heavy atom. The number of hydrogen-bond donors (Lipinski definition) is 0. The van der Waals surface area contributed by atoms with E-state index >= 15 is 0 Å². The predicted molar refractivity (Wildman–Crippen MR) is 92.2 cm³/mol. The summed E-state index contributed by atoms with van der Waals surface area (Å²) in [6.07, 6.45) is 7.11. The Balaban J connectivity index is 1.62. The molecule has 5 rings (SSSR count). The smallest absolute Gasteiger partial charge is 0.323 e. The zero-order chi connectivity index (χ0) is 18.1. The Kier molecular flexibility index (Phi) is 3.38. The first kappa shape index (κ1) is 16.4. The van der Waals surface area contributed by atoms with Gasteiger partial charge in [0.2, 0.25) is 0 Å². The van der Waals surface area contributed by atoms with E-state index < -0.39 is 11.4 Å². The second-order valence-corrected chi connectivity index (χ2v) is 8.82. The molecule has 0 unspecified atom stereocenters. The van der Waals surface area contributed by atoms with Crippen LogP contribution in [0.2, 0.25) is 0 Å². The van der Waals surface area contributed by atoms with Crippen LogP contribution in [0.1, 0.15) is 56.3 Å². The zero-order valence-electron chi connectivity index (χ0n) is 15.5. The number of furan rings is 1. The van der Waals surface area contributed by atoms with Crippen LogP contribution in [0.5, 0.6) is 0 Å². The number of carbonyl (C=O) groups is 2. The van der Waals surface area contributed by atoms with E-state index in [1.54, 1.807) is 6.26 Å². The van der Waals surface area contributed by atoms with E-state index in [-0.39, 0.29) is 17.3 Å². The Hall–Kier alpha value is -1.78. The second kappa shape index (κ2) is 5.37. The lowest BCUT2D eigenvalue weighted by Gasteiger charge is -2.63. The molecule has 26 heavy (non-hydrogen) atoms. The van der Waals surface area contributed by atoms with Crippen LogP contribution in [0.15, 0.2) is 16.7 Å². The lowest BCUT2D eigenvalue weighted by atomic mass is 9.42. The molecule has 1 saturated heterocycles. The van der Waals surface area contributed by atoms with Crippen LogP contribution < -0.4 is 0 Å². The molecule has 2 saturated carbocycles. The number of rotatable bonds is 1. The highest BCUT2D eigenvalue weighted by Crippen LogP contribution is 2.67. The van der Waals surface area contributed by atoms with Crippen LogP contribution in [0.25, 0.3) is 0 Å². The normalized spacial score (nSPS) is 43.5. The van der Waals surface area contributed by atoms with E-state index in [0.29, 0.717) is 30.8 Å². The van der Waals surface area contributed by atoms with Crippen LogP contribution >= 0.6 is 0 Å². The standard InChI is InChI=1S/C21H26O5/c1-12-13-4-5-17-20(15(13)10-16-14(12)6-9-25-16)7-3-8-21(17,18(22)24-2)19(23)26-11-20/h6,9,12-13,15,17H,3-5,7-8,10-11H2,1-2H3/t12-,13+,15+,17-,20+,21+/m1/s1. The summed E-state index contributed by atoms with van der Waals surface area (Å²) in [6.45, 7) is 2.74. The van der Waals surface area contributed by atoms with Crippen molar-refractivity contribution in [2.45, 2.75) is 51.4 Å². The molecule has 140 valence electrons. The van der Waals surface area contributed by atoms with Gasteiger partial charge in [-0.15, -0.1) is 0 Å². The summed E-state index contributed by atoms with van der Waals surface area (Å²) in [7, 11) is 1.39. The van der Waals surface area contributed by atoms with E-state index in [9.17, 15) is 9.59 Å². The molecule has 3 fully saturated rings. The minimum atomic E-state index is -1.09. The molecule has 1 aromatic rings. The first-order valence-corrected chi connectivity index (χ1v) is 9.86. The molecule has 1 aromatic heterocycles. The Labute approximate surface area is 153 Å². The van der Waals surface area contributed by atoms with Crippen LogP contribution in [-0.4, -0.2) is 25.7 Å². The van der Waals surface area contributed by atoms with E-state index in [0.717, 1.165) is 37.9 Å². The molecule has 0 aromatic carbocycles. The van der Waals surface area contributed by atoms with Gasteiger partial charge in [0.1, 0.15) is 5.76 Å². The van der Waals surface area contributed by atoms with Crippen LogP contribution in [0.3, 0.4) is 0 Å². The van der Waals surface area contributed by atoms with Gasteiger partial charge in [0.25, 0.3) is 0 Å². The minimum absolute atomic E-state index is 0.0300. The van der Waals surface area contributed by atoms with Crippen molar-refractivity contribution in [3.05, 3.63) is 23.7 Å². The van der Waals surface area contributed by atoms with E-state index in [4.69, 9.17) is 13.9 Å². The van der Waals surface area contributed by atoms with Gasteiger partial charge in [-0.05, 0) is 61.0 Å². The number of methoxy groups -OCH3 is 1. The summed E-state index contributed by atoms with van der Waals surface area (Å²) in [4.78, 5) is 25.6. The number of fused-ring (bicyclic) bond motifs is 2. The highest BCUT2D eigenvalue weighted by molar-refractivity contribution is 6.01. The maximum Gasteiger partial charge on any atom is 0.323 e. The van der Waals surface area contributed by atoms with Gasteiger partial charge < -0.3 is 13.9 Å². The van der Waals surface area contributed by atoms with Crippen LogP contribution in [-0.2, 0) is 25.5 Å². The fourth-order valence-corrected chi connectivity index (χ4v) is 7.17. The Bertz CT molecular complexity index is 756. The van der Waals surface area contributed by atoms with Crippen molar-refractivity contribution in [2.75, 3.05) is 13.7 Å². The number of esters is 2. The summed E-state index contributed by atoms with van der Waals surface area (Å²) in [5, 5.41) is 0. The van der Waals surface area contributed by atoms with Gasteiger partial charge in [-0.1, -0.05) is 13.3 Å². The zero-order valence-corrected chi connectivity index (χ0v) is 15.5. The molecule has 6 atom stereocenters. The van der Waals surface area contributed by atoms with Crippen molar-refractivity contribution in [1.82, 2.24) is 0 Å². The summed E-state index contributed by atoms with van der Waals surface area (Å²) in [5.74, 6) is 1.77. The third kappa shape index (κ3) is 1.77. The molecule has 2 bridgehead atoms. The third-order valence-corrected chi connectivity index (χ3v) is 8.25. The van der Waals surface area contributed by atoms with Gasteiger partial charge >= 0.3 is 11.9 Å². The number of ether oxygens (including phenoxy) is 2. The first-order chi connectivity index (χ1) is 12.5. The second-order valence-electron chi connectivity index (χ2n) is 8.82. The molecule has 0 spiro atoms. The Morgan fingerprint density at radius 2 is 2.15 bits per heavy atom. The van der Waals surface area contributed by atoms with Gasteiger partial charge in [0.05, 0.1) is 20.0 Å². The molecule has 0 amide bonds. The quantitative estimate of drug-likeness (QED) is 0.568. The van der Waals surface area contributed by atoms with Crippen molar-refractivity contribution >= 4 is 11.9 Å². The van der Waals surface area contributed by atoms with Gasteiger partial charge in [0.15, 0.2) is 5.41 Å². The molecular weight excluding hydrogens is 332 g/mol. The SMILES string of the molecule is COC(=O)[C@@]12CCC[C@]3(COC1=O)[C@H]1Cc4occc4[C@H](C)[C@@H]1CC[C@@H]23. The van der Waals surface area contributed by atoms with E-state index in [1.165, 1.54) is 12.7 Å². The fourth-order valence-electron chi connectivity index (χ4n) is 7.17. The molecule has 0 radical (unpaired) electrons. The summed E-state index contributed by atoms with van der Waals surface area (Å²) >= 11 is 0. The van der Waals surface area contributed by atoms with Gasteiger partial charge in [-0.25, -0.2) is 0 Å². The van der Waals surface area contributed by atoms with Crippen molar-refractivity contribution in [2.24, 2.45) is 28.6 Å². The van der Waals surface area contributed by atoms with Crippen molar-refractivity contribution < 1.29 is 23.5 Å². The lowest BCUT2D eigenvalue weighted by Crippen LogP contribution is -2.66. The lowest BCUT2D eigenvalue weighted by molar-refractivity contribution is -0.229. The average molecular weight is 358 g/mol. The summed E-state index contributed by atoms with van der Waals surface area (Å²) in [5.41, 5.74) is 0.120. The molecule has 3 aliphatic carbocycles. The minimum Gasteiger partial charge on any atom is -0.469 e. The van der Waals surface area contributed by atoms with Crippen molar-refractivity contribution in [3.8, 4) is 0 Å². The van der Waals surface area contributed by atoms with Gasteiger partial charge in [-0.3, -0.25) is 9.59 Å². The number of hydrogen-bond acceptors (Lipinski definition) is 5. The monoisotopic (exact) mass is 358 g/mol. The largest absolute Gasteiger partial charge is 0.469 e. The maximum absolute atomic E-state index is 12.8. The van der Waals surface area contributed by atoms with Gasteiger partial charge in [-0.2, -0.15) is 0 Å². The molecule has 2 heterocycles. The molecule has 1 aliphatic heterocycles. The molecule has 0 N–H and O–H groups in total. The van der Waals surface area contributed by atoms with Gasteiger partial charge in [0, 0.05) is 11.8 Å². The number of carbonyl (C=O) groups excluding carboxylic acids is 2. The summed E-state index contributed by atoms with van der Waals surface area (Å²) in [6, 6.07) is 2.11. The molecular formula is C21H26O5. The predicted octanol–water partition coefficient (Wildman–Crippen LogP) is 3.47. The van der Waals surface area contributed by atoms with Crippen LogP contribution in [0.4, 0.5) is 0 Å². The Morgan fingerprint density at radius 1 is 1.31 bits per heavy atom. The summed E-state index contributed by atoms with van der Waals surface area (Å²) < 4.78 is 16.6. The molecule has 4 aliphatic rings. The molecule has 5 nitrogen and oxygen atoms in total. The third-order valence-electron chi connectivity index (χ3n) is 8.25.